The molecule has 0 amide bonds. The summed E-state index contributed by atoms with van der Waals surface area (Å²) in [5, 5.41) is 1.63. The second-order valence-corrected chi connectivity index (χ2v) is 5.51. The zero-order valence-corrected chi connectivity index (χ0v) is 12.8. The number of aromatic nitrogens is 1. The van der Waals surface area contributed by atoms with Crippen molar-refractivity contribution >= 4 is 57.7 Å². The molecule has 0 fully saturated rings. The summed E-state index contributed by atoms with van der Waals surface area (Å²) in [7, 11) is 0. The van der Waals surface area contributed by atoms with Crippen LogP contribution in [0.4, 0.5) is 0 Å². The Labute approximate surface area is 124 Å². The van der Waals surface area contributed by atoms with E-state index in [4.69, 9.17) is 16.3 Å². The Hall–Kier alpha value is -0.200. The molecule has 2 nitrogen and oxygen atoms in total. The monoisotopic (exact) mass is 379 g/mol. The van der Waals surface area contributed by atoms with Gasteiger partial charge in [0.25, 0.3) is 0 Å². The van der Waals surface area contributed by atoms with Crippen LogP contribution >= 0.6 is 46.8 Å². The van der Waals surface area contributed by atoms with Gasteiger partial charge in [-0.25, -0.2) is 0 Å². The van der Waals surface area contributed by atoms with Crippen molar-refractivity contribution in [3.63, 3.8) is 0 Å². The van der Waals surface area contributed by atoms with Crippen LogP contribution < -0.4 is 4.74 Å². The second-order valence-electron chi connectivity index (χ2n) is 3.49. The molecule has 1 aromatic carbocycles. The average molecular weight is 380 g/mol. The molecule has 0 bridgehead atoms. The first kappa shape index (κ1) is 13.2. The van der Waals surface area contributed by atoms with Crippen LogP contribution in [-0.4, -0.2) is 17.3 Å². The predicted molar refractivity (Wildman–Crippen MR) is 83.4 cm³/mol. The summed E-state index contributed by atoms with van der Waals surface area (Å²) in [4.78, 5) is 4.35. The number of nitrogens with zero attached hydrogens (tertiary/aromatic N) is 1. The molecule has 17 heavy (non-hydrogen) atoms. The fraction of sp³-hybridized carbons (Fsp3) is 0.250. The van der Waals surface area contributed by atoms with Crippen LogP contribution in [0.15, 0.2) is 24.4 Å². The largest absolute Gasteiger partial charge is 0.490 e. The normalized spacial score (nSPS) is 10.8. The van der Waals surface area contributed by atoms with Crippen LogP contribution in [0.25, 0.3) is 10.9 Å². The third-order valence-electron chi connectivity index (χ3n) is 2.30. The highest BCUT2D eigenvalue weighted by molar-refractivity contribution is 14.1. The number of hydrogen-bond donors (Lipinski definition) is 1. The summed E-state index contributed by atoms with van der Waals surface area (Å²) < 4.78 is 6.75. The Balaban J connectivity index is 2.46. The van der Waals surface area contributed by atoms with Crippen LogP contribution in [0.5, 0.6) is 5.75 Å². The molecule has 1 heterocycles. The van der Waals surface area contributed by atoms with Crippen LogP contribution in [0, 0.1) is 3.57 Å². The summed E-state index contributed by atoms with van der Waals surface area (Å²) in [6.07, 6.45) is 2.66. The van der Waals surface area contributed by atoms with Crippen molar-refractivity contribution in [1.29, 1.82) is 0 Å². The fourth-order valence-electron chi connectivity index (χ4n) is 1.52. The molecular weight excluding hydrogens is 369 g/mol. The minimum Gasteiger partial charge on any atom is -0.490 e. The lowest BCUT2D eigenvalue weighted by Gasteiger charge is -2.11. The summed E-state index contributed by atoms with van der Waals surface area (Å²) in [6.45, 7) is 0.646. The van der Waals surface area contributed by atoms with Gasteiger partial charge in [-0.1, -0.05) is 11.6 Å². The third-order valence-corrected chi connectivity index (χ3v) is 3.73. The number of ether oxygens (including phenoxy) is 1. The quantitative estimate of drug-likeness (QED) is 0.489. The van der Waals surface area contributed by atoms with Gasteiger partial charge in [0.2, 0.25) is 0 Å². The summed E-state index contributed by atoms with van der Waals surface area (Å²) in [5.74, 6) is 1.63. The van der Waals surface area contributed by atoms with Gasteiger partial charge >= 0.3 is 0 Å². The van der Waals surface area contributed by atoms with Crippen molar-refractivity contribution in [2.45, 2.75) is 6.42 Å². The van der Waals surface area contributed by atoms with Gasteiger partial charge in [-0.05, 0) is 53.0 Å². The van der Waals surface area contributed by atoms with Crippen LogP contribution in [0.3, 0.4) is 0 Å². The first-order valence-corrected chi connectivity index (χ1v) is 7.29. The van der Waals surface area contributed by atoms with Crippen molar-refractivity contribution < 1.29 is 4.74 Å². The molecule has 0 saturated carbocycles. The lowest BCUT2D eigenvalue weighted by Crippen LogP contribution is -2.01. The number of pyridine rings is 1. The van der Waals surface area contributed by atoms with Crippen LogP contribution in [0.2, 0.25) is 5.02 Å². The number of thiol groups is 1. The molecule has 2 aromatic rings. The third kappa shape index (κ3) is 2.98. The van der Waals surface area contributed by atoms with Gasteiger partial charge in [0.15, 0.2) is 5.75 Å². The summed E-state index contributed by atoms with van der Waals surface area (Å²) in [6, 6.07) is 5.73. The molecule has 1 aromatic heterocycles. The van der Waals surface area contributed by atoms with E-state index < -0.39 is 0 Å². The molecule has 0 spiro atoms. The Bertz CT molecular complexity index is 535. The number of hydrogen-bond acceptors (Lipinski definition) is 3. The molecule has 5 heteroatoms. The molecule has 0 aliphatic heterocycles. The van der Waals surface area contributed by atoms with E-state index in [1.165, 1.54) is 0 Å². The first-order valence-electron chi connectivity index (χ1n) is 5.20. The maximum absolute atomic E-state index is 6.18. The van der Waals surface area contributed by atoms with Gasteiger partial charge in [-0.15, -0.1) is 0 Å². The minimum atomic E-state index is 0.646. The van der Waals surface area contributed by atoms with Crippen molar-refractivity contribution in [3.8, 4) is 5.75 Å². The first-order chi connectivity index (χ1) is 8.24. The predicted octanol–water partition coefficient (Wildman–Crippen LogP) is 4.19. The van der Waals surface area contributed by atoms with Crippen LogP contribution in [-0.2, 0) is 0 Å². The average Bonchev–Trinajstić information content (AvgIpc) is 2.33. The fourth-order valence-corrected chi connectivity index (χ4v) is 2.82. The maximum atomic E-state index is 6.18. The standard InChI is InChI=1S/C12H11ClINOS/c13-9-7-10(14)12(16-5-2-6-17)11-8(9)3-1-4-15-11/h1,3-4,7,17H,2,5-6H2. The van der Waals surface area contributed by atoms with Crippen LogP contribution in [0.1, 0.15) is 6.42 Å². The van der Waals surface area contributed by atoms with Crippen molar-refractivity contribution in [3.05, 3.63) is 33.0 Å². The molecule has 0 unspecified atom stereocenters. The smallest absolute Gasteiger partial charge is 0.158 e. The van der Waals surface area contributed by atoms with Gasteiger partial charge < -0.3 is 4.74 Å². The van der Waals surface area contributed by atoms with E-state index in [1.807, 2.05) is 18.2 Å². The van der Waals surface area contributed by atoms with Gasteiger partial charge in [0.1, 0.15) is 5.52 Å². The van der Waals surface area contributed by atoms with Gasteiger partial charge in [0, 0.05) is 11.6 Å². The molecular formula is C12H11ClINOS. The number of fused-ring (bicyclic) bond motifs is 1. The summed E-state index contributed by atoms with van der Waals surface area (Å²) >= 11 is 12.6. The lowest BCUT2D eigenvalue weighted by atomic mass is 10.2. The van der Waals surface area contributed by atoms with E-state index in [9.17, 15) is 0 Å². The van der Waals surface area contributed by atoms with Gasteiger partial charge in [-0.3, -0.25) is 4.98 Å². The zero-order chi connectivity index (χ0) is 12.3. The highest BCUT2D eigenvalue weighted by Gasteiger charge is 2.11. The topological polar surface area (TPSA) is 22.1 Å². The zero-order valence-electron chi connectivity index (χ0n) is 8.99. The van der Waals surface area contributed by atoms with E-state index in [-0.39, 0.29) is 0 Å². The van der Waals surface area contributed by atoms with Gasteiger partial charge in [-0.2, -0.15) is 12.6 Å². The molecule has 0 aliphatic rings. The maximum Gasteiger partial charge on any atom is 0.158 e. The second kappa shape index (κ2) is 6.11. The Morgan fingerprint density at radius 3 is 3.06 bits per heavy atom. The van der Waals surface area contributed by atoms with E-state index in [0.29, 0.717) is 11.6 Å². The highest BCUT2D eigenvalue weighted by Crippen LogP contribution is 2.34. The van der Waals surface area contributed by atoms with E-state index in [1.54, 1.807) is 6.20 Å². The molecule has 0 radical (unpaired) electrons. The Morgan fingerprint density at radius 1 is 1.47 bits per heavy atom. The van der Waals surface area contributed by atoms with E-state index in [0.717, 1.165) is 32.4 Å². The Morgan fingerprint density at radius 2 is 2.29 bits per heavy atom. The van der Waals surface area contributed by atoms with Gasteiger partial charge in [0.05, 0.1) is 15.2 Å². The molecule has 2 rings (SSSR count). The molecule has 0 aliphatic carbocycles. The number of rotatable bonds is 4. The molecule has 0 N–H and O–H groups in total. The van der Waals surface area contributed by atoms with Crippen molar-refractivity contribution in [2.24, 2.45) is 0 Å². The molecule has 0 saturated heterocycles. The molecule has 90 valence electrons. The minimum absolute atomic E-state index is 0.646. The van der Waals surface area contributed by atoms with Crippen molar-refractivity contribution in [2.75, 3.05) is 12.4 Å². The SMILES string of the molecule is SCCCOc1c(I)cc(Cl)c2cccnc12. The Kier molecular flexibility index (Phi) is 4.76. The number of halogens is 2. The summed E-state index contributed by atoms with van der Waals surface area (Å²) in [5.41, 5.74) is 0.823. The highest BCUT2D eigenvalue weighted by atomic mass is 127. The van der Waals surface area contributed by atoms with Crippen molar-refractivity contribution in [1.82, 2.24) is 4.98 Å². The number of benzene rings is 1. The van der Waals surface area contributed by atoms with E-state index >= 15 is 0 Å². The lowest BCUT2D eigenvalue weighted by molar-refractivity contribution is 0.320. The molecule has 0 atom stereocenters. The van der Waals surface area contributed by atoms with E-state index in [2.05, 4.69) is 40.2 Å².